The van der Waals surface area contributed by atoms with Gasteiger partial charge in [-0.05, 0) is 0 Å². The molecule has 0 unspecified atom stereocenters. The Morgan fingerprint density at radius 3 is 0.480 bits per heavy atom. The summed E-state index contributed by atoms with van der Waals surface area (Å²) >= 11 is 0. The molecule has 0 aromatic rings. The third-order valence-electron chi connectivity index (χ3n) is 0.850. The van der Waals surface area contributed by atoms with Crippen LogP contribution in [0.3, 0.4) is 0 Å². The van der Waals surface area contributed by atoms with Crippen LogP contribution >= 0.6 is 0 Å². The predicted molar refractivity (Wildman–Crippen MR) is 47.3 cm³/mol. The standard InChI is InChI=1S/3CHF3O3S.Ni/c3*2-1(3,4)8(5,6)7;/h3*(H,5,6,7);/q;;;+3/p-3. The van der Waals surface area contributed by atoms with Gasteiger partial charge < -0.3 is 13.7 Å². The van der Waals surface area contributed by atoms with Gasteiger partial charge in [-0.2, -0.15) is 39.5 Å². The van der Waals surface area contributed by atoms with Crippen molar-refractivity contribution in [2.75, 3.05) is 0 Å². The molecule has 0 heterocycles. The Labute approximate surface area is 142 Å². The largest absolute Gasteiger partial charge is 3.00 e. The van der Waals surface area contributed by atoms with E-state index in [-0.39, 0.29) is 16.5 Å². The summed E-state index contributed by atoms with van der Waals surface area (Å²) in [6, 6.07) is 0. The van der Waals surface area contributed by atoms with E-state index in [2.05, 4.69) is 0 Å². The first-order valence-electron chi connectivity index (χ1n) is 3.81. The summed E-state index contributed by atoms with van der Waals surface area (Å²) in [5.41, 5.74) is -16.9. The molecule has 0 atom stereocenters. The summed E-state index contributed by atoms with van der Waals surface area (Å²) in [7, 11) is -18.3. The van der Waals surface area contributed by atoms with Crippen molar-refractivity contribution in [3.05, 3.63) is 0 Å². The van der Waals surface area contributed by atoms with Crippen LogP contribution in [-0.4, -0.2) is 55.4 Å². The number of alkyl halides is 9. The minimum absolute atomic E-state index is 0. The molecule has 0 amide bonds. The first-order valence-corrected chi connectivity index (χ1v) is 8.04. The van der Waals surface area contributed by atoms with E-state index in [0.717, 1.165) is 0 Å². The number of hydrogen-bond acceptors (Lipinski definition) is 9. The van der Waals surface area contributed by atoms with Gasteiger partial charge in [-0.15, -0.1) is 0 Å². The van der Waals surface area contributed by atoms with Crippen LogP contribution in [0.2, 0.25) is 0 Å². The second-order valence-corrected chi connectivity index (χ2v) is 6.81. The zero-order chi connectivity index (χ0) is 21.0. The maximum Gasteiger partial charge on any atom is 3.00 e. The first kappa shape index (κ1) is 32.3. The van der Waals surface area contributed by atoms with Gasteiger partial charge in [0.25, 0.3) is 0 Å². The fraction of sp³-hybridized carbons (Fsp3) is 1.00. The summed E-state index contributed by atoms with van der Waals surface area (Å²) < 4.78 is 177. The van der Waals surface area contributed by atoms with E-state index in [1.807, 2.05) is 0 Å². The van der Waals surface area contributed by atoms with Crippen LogP contribution < -0.4 is 0 Å². The quantitative estimate of drug-likeness (QED) is 0.192. The SMILES string of the molecule is O=S(=O)([O-])C(F)(F)F.O=S(=O)([O-])C(F)(F)F.O=S(=O)([O-])C(F)(F)F.[Ni+3]. The van der Waals surface area contributed by atoms with Crippen molar-refractivity contribution in [1.29, 1.82) is 0 Å². The minimum atomic E-state index is -6.09. The van der Waals surface area contributed by atoms with Crippen LogP contribution in [0.25, 0.3) is 0 Å². The fourth-order valence-corrected chi connectivity index (χ4v) is 0. The van der Waals surface area contributed by atoms with E-state index in [1.165, 1.54) is 0 Å². The Kier molecular flexibility index (Phi) is 12.3. The van der Waals surface area contributed by atoms with Crippen molar-refractivity contribution in [3.63, 3.8) is 0 Å². The average molecular weight is 506 g/mol. The topological polar surface area (TPSA) is 172 Å². The molecule has 0 aliphatic rings. The summed E-state index contributed by atoms with van der Waals surface area (Å²) in [6.07, 6.45) is 0. The van der Waals surface area contributed by atoms with Crippen molar-refractivity contribution >= 4 is 30.4 Å². The molecule has 157 valence electrons. The molecule has 0 fully saturated rings. The van der Waals surface area contributed by atoms with E-state index in [1.54, 1.807) is 0 Å². The molecule has 22 heteroatoms. The second-order valence-electron chi connectivity index (χ2n) is 2.70. The predicted octanol–water partition coefficient (Wildman–Crippen LogP) is 0.152. The summed E-state index contributed by atoms with van der Waals surface area (Å²) in [6.45, 7) is 0. The maximum absolute atomic E-state index is 10.7. The molecule has 0 saturated carbocycles. The van der Waals surface area contributed by atoms with Crippen LogP contribution in [0.4, 0.5) is 39.5 Å². The molecule has 0 spiro atoms. The summed E-state index contributed by atoms with van der Waals surface area (Å²) in [5.74, 6) is 0. The molecule has 0 aliphatic carbocycles. The zero-order valence-corrected chi connectivity index (χ0v) is 13.6. The van der Waals surface area contributed by atoms with Crippen LogP contribution in [0, 0.1) is 0 Å². The van der Waals surface area contributed by atoms with Gasteiger partial charge in [0.05, 0.1) is 0 Å². The first-order chi connectivity index (χ1) is 9.75. The van der Waals surface area contributed by atoms with Gasteiger partial charge in [0.2, 0.25) is 0 Å². The van der Waals surface area contributed by atoms with E-state index < -0.39 is 46.9 Å². The van der Waals surface area contributed by atoms with Gasteiger partial charge >= 0.3 is 33.0 Å². The third kappa shape index (κ3) is 15.6. The Bertz CT molecular complexity index is 596. The maximum atomic E-state index is 10.7. The Morgan fingerprint density at radius 1 is 0.440 bits per heavy atom. The molecule has 0 bridgehead atoms. The monoisotopic (exact) mass is 505 g/mol. The van der Waals surface area contributed by atoms with Crippen LogP contribution in [0.15, 0.2) is 0 Å². The minimum Gasteiger partial charge on any atom is -0.741 e. The molecule has 0 aliphatic heterocycles. The van der Waals surface area contributed by atoms with Crippen molar-refractivity contribution in [3.8, 4) is 0 Å². The fourth-order valence-electron chi connectivity index (χ4n) is 0. The van der Waals surface area contributed by atoms with Gasteiger partial charge in [-0.1, -0.05) is 0 Å². The van der Waals surface area contributed by atoms with Crippen LogP contribution in [0.5, 0.6) is 0 Å². The molecule has 1 radical (unpaired) electrons. The molecule has 0 saturated heterocycles. The third-order valence-corrected chi connectivity index (χ3v) is 2.55. The van der Waals surface area contributed by atoms with Crippen molar-refractivity contribution in [2.45, 2.75) is 16.5 Å². The van der Waals surface area contributed by atoms with E-state index in [4.69, 9.17) is 38.9 Å². The van der Waals surface area contributed by atoms with E-state index in [9.17, 15) is 39.5 Å². The Balaban J connectivity index is -0.000000130. The van der Waals surface area contributed by atoms with E-state index >= 15 is 0 Å². The molecular weight excluding hydrogens is 506 g/mol. The molecule has 25 heavy (non-hydrogen) atoms. The molecule has 0 N–H and O–H groups in total. The molecule has 0 rings (SSSR count). The van der Waals surface area contributed by atoms with Crippen LogP contribution in [0.1, 0.15) is 0 Å². The summed E-state index contributed by atoms with van der Waals surface area (Å²) in [4.78, 5) is 0. The van der Waals surface area contributed by atoms with Gasteiger partial charge in [0, 0.05) is 0 Å². The van der Waals surface area contributed by atoms with Crippen molar-refractivity contribution in [2.24, 2.45) is 0 Å². The Morgan fingerprint density at radius 2 is 0.480 bits per heavy atom. The molecular formula is C3F9NiO9S3. The van der Waals surface area contributed by atoms with E-state index in [0.29, 0.717) is 0 Å². The van der Waals surface area contributed by atoms with Crippen molar-refractivity contribution in [1.82, 2.24) is 0 Å². The number of halogens is 9. The van der Waals surface area contributed by atoms with Gasteiger partial charge in [-0.3, -0.25) is 0 Å². The number of hydrogen-bond donors (Lipinski definition) is 0. The zero-order valence-electron chi connectivity index (χ0n) is 10.1. The molecule has 0 aromatic carbocycles. The molecule has 9 nitrogen and oxygen atoms in total. The summed E-state index contributed by atoms with van der Waals surface area (Å²) in [5, 5.41) is 0. The van der Waals surface area contributed by atoms with Gasteiger partial charge in [-0.25, -0.2) is 25.3 Å². The normalized spacial score (nSPS) is 13.4. The van der Waals surface area contributed by atoms with Gasteiger partial charge in [0.1, 0.15) is 0 Å². The second kappa shape index (κ2) is 9.51. The van der Waals surface area contributed by atoms with Crippen LogP contribution in [-0.2, 0) is 46.8 Å². The van der Waals surface area contributed by atoms with Crippen molar-refractivity contribution < 1.29 is 94.9 Å². The Hall–Kier alpha value is -0.406. The smallest absolute Gasteiger partial charge is 0.741 e. The van der Waals surface area contributed by atoms with Gasteiger partial charge in [0.15, 0.2) is 30.4 Å². The average Bonchev–Trinajstić information content (AvgIpc) is 2.08. The molecule has 0 aromatic heterocycles. The number of rotatable bonds is 0.